The third kappa shape index (κ3) is 9.41. The molecule has 0 saturated carbocycles. The fourth-order valence-electron chi connectivity index (χ4n) is 1.76. The number of fused-ring (bicyclic) bond motifs is 9. The van der Waals surface area contributed by atoms with Gasteiger partial charge in [-0.05, 0) is 37.5 Å². The second-order valence-corrected chi connectivity index (χ2v) is 10.1. The van der Waals surface area contributed by atoms with Gasteiger partial charge < -0.3 is 37.2 Å². The van der Waals surface area contributed by atoms with Gasteiger partial charge in [0.1, 0.15) is 0 Å². The molecule has 3 heterocycles. The summed E-state index contributed by atoms with van der Waals surface area (Å²) in [6, 6.07) is 0. The molecule has 0 aromatic carbocycles. The molecule has 0 amide bonds. The van der Waals surface area contributed by atoms with E-state index in [2.05, 4.69) is 30.9 Å². The fourth-order valence-corrected chi connectivity index (χ4v) is 5.24. The Balaban J connectivity index is 0.00000612. The summed E-state index contributed by atoms with van der Waals surface area (Å²) in [6.07, 6.45) is 9.55. The van der Waals surface area contributed by atoms with E-state index in [1.54, 1.807) is 37.5 Å². The van der Waals surface area contributed by atoms with Crippen LogP contribution in [0.4, 0.5) is 8.63 Å². The van der Waals surface area contributed by atoms with Crippen molar-refractivity contribution in [3.8, 4) is 0 Å². The van der Waals surface area contributed by atoms with Gasteiger partial charge in [0, 0.05) is 0 Å². The van der Waals surface area contributed by atoms with Gasteiger partial charge in [0.05, 0.1) is 0 Å². The van der Waals surface area contributed by atoms with Crippen molar-refractivity contribution < 1.29 is 56.6 Å². The van der Waals surface area contributed by atoms with Crippen LogP contribution >= 0.6 is 70.6 Å². The molecule has 0 unspecified atom stereocenters. The molecule has 0 aromatic rings. The topological polar surface area (TPSA) is 130 Å². The number of rotatable bonds is 0. The molecule has 35 heavy (non-hydrogen) atoms. The summed E-state index contributed by atoms with van der Waals surface area (Å²) >= 11 is 5.94. The second-order valence-electron chi connectivity index (χ2n) is 5.35. The minimum absolute atomic E-state index is 0. The van der Waals surface area contributed by atoms with Crippen molar-refractivity contribution in [2.45, 2.75) is 0 Å². The normalized spacial score (nSPS) is 34.3. The van der Waals surface area contributed by atoms with E-state index in [1.807, 2.05) is 0 Å². The molecule has 0 spiro atoms. The molecule has 3 aliphatic heterocycles. The predicted molar refractivity (Wildman–Crippen MR) is 146 cm³/mol. The quantitative estimate of drug-likeness (QED) is 0.340. The molecular formula is C12H18B2F2N6O6RuS6. The van der Waals surface area contributed by atoms with Gasteiger partial charge in [0.2, 0.25) is 0 Å². The molecule has 12 nitrogen and oxygen atoms in total. The molecule has 0 atom stereocenters. The van der Waals surface area contributed by atoms with Gasteiger partial charge in [-0.15, -0.1) is 102 Å². The molecule has 0 fully saturated rings. The van der Waals surface area contributed by atoms with Gasteiger partial charge in [-0.3, -0.25) is 0 Å². The second kappa shape index (κ2) is 15.7. The Kier molecular flexibility index (Phi) is 14.6. The van der Waals surface area contributed by atoms with E-state index < -0.39 is 14.1 Å². The minimum Gasteiger partial charge on any atom is -0.509 e. The number of hydrogen-bond donors (Lipinski definition) is 0. The predicted octanol–water partition coefficient (Wildman–Crippen LogP) is 3.98. The van der Waals surface area contributed by atoms with Crippen molar-refractivity contribution >= 4 is 115 Å². The van der Waals surface area contributed by atoms with E-state index in [1.165, 1.54) is 0 Å². The molecule has 0 N–H and O–H groups in total. The van der Waals surface area contributed by atoms with Crippen molar-refractivity contribution in [1.82, 2.24) is 0 Å². The van der Waals surface area contributed by atoms with Crippen LogP contribution in [-0.4, -0.2) is 81.9 Å². The van der Waals surface area contributed by atoms with Gasteiger partial charge in [0.25, 0.3) is 0 Å². The van der Waals surface area contributed by atoms with E-state index >= 15 is 8.63 Å². The Labute approximate surface area is 238 Å². The first kappa shape index (κ1) is 32.6. The first-order valence-electron chi connectivity index (χ1n) is 8.71. The van der Waals surface area contributed by atoms with Crippen molar-refractivity contribution in [3.63, 3.8) is 0 Å². The number of oxime groups is 6. The standard InChI is InChI=1S/C12H18B2F2N6O6S6.Ru/c1-29-7-8(30-2)18-24-14(16)27-21-11(33-5)9(31-3)19-25-13(15,23-17-7)26-20-10(32-4)12(34-6)22-28-14;/h1-6H3;/q-2;+2/b17-7-,18-8-,19-9-,20-10-,21-11-,22-12-;. The maximum atomic E-state index is 15.6. The number of hydrogen-bond acceptors (Lipinski definition) is 18. The molecule has 0 radical (unpaired) electrons. The molecule has 0 aromatic heterocycles. The van der Waals surface area contributed by atoms with E-state index in [-0.39, 0.29) is 49.7 Å². The van der Waals surface area contributed by atoms with Crippen molar-refractivity contribution in [1.29, 1.82) is 0 Å². The summed E-state index contributed by atoms with van der Waals surface area (Å²) in [5.74, 6) is 0. The van der Waals surface area contributed by atoms with Gasteiger partial charge in [-0.25, -0.2) is 0 Å². The molecule has 3 aliphatic rings. The molecule has 23 heteroatoms. The monoisotopic (exact) mass is 696 g/mol. The Morgan fingerprint density at radius 2 is 0.571 bits per heavy atom. The van der Waals surface area contributed by atoms with Crippen molar-refractivity contribution in [3.05, 3.63) is 0 Å². The largest absolute Gasteiger partial charge is 2.00 e. The Morgan fingerprint density at radius 3 is 0.686 bits per heavy atom. The maximum Gasteiger partial charge on any atom is 2.00 e. The summed E-state index contributed by atoms with van der Waals surface area (Å²) in [4.78, 5) is 0. The van der Waals surface area contributed by atoms with Gasteiger partial charge >= 0.3 is 33.5 Å². The van der Waals surface area contributed by atoms with Crippen LogP contribution in [-0.2, 0) is 48.0 Å². The van der Waals surface area contributed by atoms with Crippen molar-refractivity contribution in [2.75, 3.05) is 37.5 Å². The SMILES string of the molecule is CSC1=N\O[B-]2(F)O/N=C(SC)/C(SC)=N/O[B-](F)(O\N=C\1SC)O/N=C(SC)/C(SC)=N/O2.[Ru+2]. The zero-order valence-corrected chi connectivity index (χ0v) is 25.5. The fraction of sp³-hybridized carbons (Fsp3) is 0.500. The van der Waals surface area contributed by atoms with E-state index in [4.69, 9.17) is 28.5 Å². The van der Waals surface area contributed by atoms with Crippen LogP contribution in [0.2, 0.25) is 0 Å². The van der Waals surface area contributed by atoms with Gasteiger partial charge in [-0.2, -0.15) is 0 Å². The number of thioether (sulfide) groups is 6. The van der Waals surface area contributed by atoms with Crippen LogP contribution in [0, 0.1) is 0 Å². The minimum atomic E-state index is -4.22. The van der Waals surface area contributed by atoms with E-state index in [0.29, 0.717) is 0 Å². The summed E-state index contributed by atoms with van der Waals surface area (Å²) in [7, 11) is -8.43. The zero-order valence-electron chi connectivity index (χ0n) is 18.8. The average molecular weight is 695 g/mol. The van der Waals surface area contributed by atoms with Crippen LogP contribution in [0.1, 0.15) is 0 Å². The maximum absolute atomic E-state index is 15.6. The molecular weight excluding hydrogens is 677 g/mol. The number of nitrogens with zero attached hydrogens (tertiary/aromatic N) is 6. The zero-order chi connectivity index (χ0) is 25.2. The van der Waals surface area contributed by atoms with Crippen LogP contribution in [0.5, 0.6) is 0 Å². The number of halogens is 2. The molecule has 0 saturated heterocycles. The Hall–Kier alpha value is -0.467. The van der Waals surface area contributed by atoms with Crippen LogP contribution in [0.25, 0.3) is 0 Å². The molecule has 2 bridgehead atoms. The first-order valence-corrected chi connectivity index (χ1v) is 16.1. The Bertz CT molecular complexity index is 752. The van der Waals surface area contributed by atoms with Crippen LogP contribution < -0.4 is 0 Å². The third-order valence-electron chi connectivity index (χ3n) is 3.28. The summed E-state index contributed by atoms with van der Waals surface area (Å²) < 4.78 is 60.9. The average Bonchev–Trinajstić information content (AvgIpc) is 2.84. The molecule has 0 aliphatic carbocycles. The Morgan fingerprint density at radius 1 is 0.429 bits per heavy atom. The van der Waals surface area contributed by atoms with Crippen LogP contribution in [0.3, 0.4) is 0 Å². The summed E-state index contributed by atoms with van der Waals surface area (Å²) in [6.45, 7) is 0. The van der Waals surface area contributed by atoms with Crippen molar-refractivity contribution in [2.24, 2.45) is 30.9 Å². The summed E-state index contributed by atoms with van der Waals surface area (Å²) in [5, 5.41) is 22.1. The smallest absolute Gasteiger partial charge is 0.509 e. The van der Waals surface area contributed by atoms with Crippen LogP contribution in [0.15, 0.2) is 30.9 Å². The summed E-state index contributed by atoms with van der Waals surface area (Å²) in [5.41, 5.74) is 0. The third-order valence-corrected chi connectivity index (χ3v) is 7.59. The molecule has 3 rings (SSSR count). The van der Waals surface area contributed by atoms with E-state index in [0.717, 1.165) is 70.6 Å². The van der Waals surface area contributed by atoms with Gasteiger partial charge in [0.15, 0.2) is 30.3 Å². The van der Waals surface area contributed by atoms with Gasteiger partial charge in [-0.1, -0.05) is 0 Å². The molecule has 196 valence electrons. The van der Waals surface area contributed by atoms with E-state index in [9.17, 15) is 0 Å². The first-order chi connectivity index (χ1) is 16.3.